The van der Waals surface area contributed by atoms with Crippen LogP contribution in [0.3, 0.4) is 0 Å². The fraction of sp³-hybridized carbons (Fsp3) is 0.480. The lowest BCUT2D eigenvalue weighted by Crippen LogP contribution is -2.41. The number of amides is 1. The molecule has 0 bridgehead atoms. The number of benzene rings is 2. The molecule has 2 saturated heterocycles. The van der Waals surface area contributed by atoms with E-state index in [-0.39, 0.29) is 5.91 Å². The molecule has 2 aromatic rings. The standard InChI is InChI=1S/C25H32BN3O4/c1-24(2)25(3,4)33-26(32-24)18-6-7-19-21(16-18)27-20-8-5-17(15-22(20)28-23(19)30)9-10-29-11-13-31-14-12-29/h5-8,15-16,27H,9-14H2,1-4H3,(H,28,30). The van der Waals surface area contributed by atoms with Gasteiger partial charge in [-0.05, 0) is 69.4 Å². The fourth-order valence-electron chi connectivity index (χ4n) is 4.40. The van der Waals surface area contributed by atoms with Crippen LogP contribution in [0.5, 0.6) is 0 Å². The average Bonchev–Trinajstić information content (AvgIpc) is 2.92. The SMILES string of the molecule is CC1(C)OB(c2ccc3c(c2)Nc2ccc(CCN4CCOCC4)cc2NC3=O)OC1(C)C. The van der Waals surface area contributed by atoms with Gasteiger partial charge in [-0.25, -0.2) is 0 Å². The molecule has 2 fully saturated rings. The lowest BCUT2D eigenvalue weighted by Gasteiger charge is -2.32. The molecule has 2 N–H and O–H groups in total. The fourth-order valence-corrected chi connectivity index (χ4v) is 4.40. The Labute approximate surface area is 195 Å². The minimum Gasteiger partial charge on any atom is -0.399 e. The smallest absolute Gasteiger partial charge is 0.399 e. The van der Waals surface area contributed by atoms with Crippen LogP contribution in [-0.2, 0) is 20.5 Å². The topological polar surface area (TPSA) is 72.1 Å². The van der Waals surface area contributed by atoms with Gasteiger partial charge >= 0.3 is 7.12 Å². The van der Waals surface area contributed by atoms with Gasteiger partial charge in [0.25, 0.3) is 5.91 Å². The molecule has 3 aliphatic heterocycles. The summed E-state index contributed by atoms with van der Waals surface area (Å²) in [5.74, 6) is -0.123. The van der Waals surface area contributed by atoms with E-state index in [2.05, 4.69) is 27.7 Å². The summed E-state index contributed by atoms with van der Waals surface area (Å²) in [5.41, 5.74) is 4.28. The third-order valence-corrected chi connectivity index (χ3v) is 7.24. The first-order valence-corrected chi connectivity index (χ1v) is 11.7. The van der Waals surface area contributed by atoms with E-state index < -0.39 is 18.3 Å². The van der Waals surface area contributed by atoms with E-state index in [4.69, 9.17) is 14.0 Å². The van der Waals surface area contributed by atoms with Gasteiger partial charge in [0.2, 0.25) is 0 Å². The number of hydrogen-bond acceptors (Lipinski definition) is 6. The van der Waals surface area contributed by atoms with Crippen LogP contribution < -0.4 is 16.1 Å². The van der Waals surface area contributed by atoms with Crippen LogP contribution in [0.15, 0.2) is 36.4 Å². The molecule has 0 saturated carbocycles. The molecule has 0 aromatic heterocycles. The Bertz CT molecular complexity index is 1050. The molecule has 33 heavy (non-hydrogen) atoms. The first-order chi connectivity index (χ1) is 15.7. The number of anilines is 3. The number of hydrogen-bond donors (Lipinski definition) is 2. The van der Waals surface area contributed by atoms with Gasteiger partial charge in [0.1, 0.15) is 0 Å². The maximum absolute atomic E-state index is 13.0. The molecular formula is C25H32BN3O4. The predicted octanol–water partition coefficient (Wildman–Crippen LogP) is 3.17. The van der Waals surface area contributed by atoms with Crippen LogP contribution in [0, 0.1) is 0 Å². The van der Waals surface area contributed by atoms with Crippen molar-refractivity contribution in [2.75, 3.05) is 43.5 Å². The highest BCUT2D eigenvalue weighted by Crippen LogP contribution is 2.37. The molecule has 0 atom stereocenters. The summed E-state index contributed by atoms with van der Waals surface area (Å²) in [4.78, 5) is 15.4. The van der Waals surface area contributed by atoms with Crippen LogP contribution in [0.1, 0.15) is 43.6 Å². The number of morpholine rings is 1. The van der Waals surface area contributed by atoms with Crippen molar-refractivity contribution in [2.45, 2.75) is 45.3 Å². The first-order valence-electron chi connectivity index (χ1n) is 11.7. The molecule has 0 radical (unpaired) electrons. The van der Waals surface area contributed by atoms with Crippen molar-refractivity contribution in [1.82, 2.24) is 4.90 Å². The van der Waals surface area contributed by atoms with Crippen LogP contribution in [0.2, 0.25) is 0 Å². The normalized spacial score (nSPS) is 21.6. The van der Waals surface area contributed by atoms with Gasteiger partial charge in [-0.2, -0.15) is 0 Å². The van der Waals surface area contributed by atoms with E-state index in [1.807, 2.05) is 52.0 Å². The van der Waals surface area contributed by atoms with Crippen LogP contribution >= 0.6 is 0 Å². The summed E-state index contributed by atoms with van der Waals surface area (Å²) in [6.45, 7) is 12.7. The molecule has 7 nitrogen and oxygen atoms in total. The maximum atomic E-state index is 13.0. The highest BCUT2D eigenvalue weighted by Gasteiger charge is 2.51. The number of ether oxygens (including phenoxy) is 1. The Morgan fingerprint density at radius 3 is 2.36 bits per heavy atom. The van der Waals surface area contributed by atoms with Gasteiger partial charge in [0.05, 0.1) is 47.0 Å². The number of carbonyl (C=O) groups excluding carboxylic acids is 1. The lowest BCUT2D eigenvalue weighted by atomic mass is 9.78. The van der Waals surface area contributed by atoms with Crippen molar-refractivity contribution in [1.29, 1.82) is 0 Å². The number of carbonyl (C=O) groups is 1. The van der Waals surface area contributed by atoms with Crippen molar-refractivity contribution >= 4 is 35.6 Å². The zero-order valence-electron chi connectivity index (χ0n) is 19.9. The third kappa shape index (κ3) is 4.40. The third-order valence-electron chi connectivity index (χ3n) is 7.24. The summed E-state index contributed by atoms with van der Waals surface area (Å²) < 4.78 is 17.8. The molecule has 0 unspecified atom stereocenters. The van der Waals surface area contributed by atoms with E-state index in [9.17, 15) is 4.79 Å². The Balaban J connectivity index is 1.35. The molecule has 0 spiro atoms. The molecule has 2 aromatic carbocycles. The number of fused-ring (bicyclic) bond motifs is 2. The van der Waals surface area contributed by atoms with Crippen LogP contribution in [0.4, 0.5) is 17.1 Å². The molecule has 8 heteroatoms. The molecule has 174 valence electrons. The molecule has 3 heterocycles. The summed E-state index contributed by atoms with van der Waals surface area (Å²) >= 11 is 0. The first kappa shape index (κ1) is 22.4. The molecular weight excluding hydrogens is 417 g/mol. The van der Waals surface area contributed by atoms with E-state index >= 15 is 0 Å². The Kier molecular flexibility index (Phi) is 5.73. The van der Waals surface area contributed by atoms with Crippen molar-refractivity contribution in [3.8, 4) is 0 Å². The second-order valence-electron chi connectivity index (χ2n) is 10.1. The van der Waals surface area contributed by atoms with Crippen molar-refractivity contribution in [2.24, 2.45) is 0 Å². The molecule has 1 amide bonds. The van der Waals surface area contributed by atoms with E-state index in [1.54, 1.807) is 0 Å². The second-order valence-corrected chi connectivity index (χ2v) is 10.1. The molecule has 5 rings (SSSR count). The minimum absolute atomic E-state index is 0.123. The maximum Gasteiger partial charge on any atom is 0.494 e. The van der Waals surface area contributed by atoms with E-state index in [1.165, 1.54) is 5.56 Å². The van der Waals surface area contributed by atoms with Gasteiger partial charge < -0.3 is 24.7 Å². The Hall–Kier alpha value is -2.39. The zero-order chi connectivity index (χ0) is 23.2. The molecule has 3 aliphatic rings. The number of nitrogens with zero attached hydrogens (tertiary/aromatic N) is 1. The average molecular weight is 449 g/mol. The largest absolute Gasteiger partial charge is 0.494 e. The Morgan fingerprint density at radius 1 is 0.909 bits per heavy atom. The van der Waals surface area contributed by atoms with Gasteiger partial charge in [-0.15, -0.1) is 0 Å². The number of nitrogens with one attached hydrogen (secondary N) is 2. The lowest BCUT2D eigenvalue weighted by molar-refractivity contribution is 0.00578. The monoisotopic (exact) mass is 449 g/mol. The quantitative estimate of drug-likeness (QED) is 0.699. The predicted molar refractivity (Wildman–Crippen MR) is 131 cm³/mol. The zero-order valence-corrected chi connectivity index (χ0v) is 19.9. The van der Waals surface area contributed by atoms with Crippen LogP contribution in [0.25, 0.3) is 0 Å². The van der Waals surface area contributed by atoms with Gasteiger partial charge in [-0.1, -0.05) is 12.1 Å². The number of rotatable bonds is 4. The van der Waals surface area contributed by atoms with Crippen molar-refractivity contribution in [3.05, 3.63) is 47.5 Å². The van der Waals surface area contributed by atoms with E-state index in [0.29, 0.717) is 5.56 Å². The summed E-state index contributed by atoms with van der Waals surface area (Å²) in [7, 11) is -0.476. The van der Waals surface area contributed by atoms with Gasteiger partial charge in [0.15, 0.2) is 0 Å². The van der Waals surface area contributed by atoms with Gasteiger partial charge in [0, 0.05) is 19.6 Å². The second kappa shape index (κ2) is 8.44. The summed E-state index contributed by atoms with van der Waals surface area (Å²) in [6, 6.07) is 11.9. The highest BCUT2D eigenvalue weighted by molar-refractivity contribution is 6.62. The Morgan fingerprint density at radius 2 is 1.64 bits per heavy atom. The van der Waals surface area contributed by atoms with Crippen molar-refractivity contribution in [3.63, 3.8) is 0 Å². The van der Waals surface area contributed by atoms with Crippen molar-refractivity contribution < 1.29 is 18.8 Å². The summed E-state index contributed by atoms with van der Waals surface area (Å²) in [5, 5.41) is 6.52. The van der Waals surface area contributed by atoms with Gasteiger partial charge in [-0.3, -0.25) is 9.69 Å². The minimum atomic E-state index is -0.476. The van der Waals surface area contributed by atoms with Crippen LogP contribution in [-0.4, -0.2) is 62.0 Å². The highest BCUT2D eigenvalue weighted by atomic mass is 16.7. The molecule has 0 aliphatic carbocycles. The van der Waals surface area contributed by atoms with E-state index in [0.717, 1.165) is 61.8 Å². The summed E-state index contributed by atoms with van der Waals surface area (Å²) in [6.07, 6.45) is 0.933.